The van der Waals surface area contributed by atoms with E-state index in [1.807, 2.05) is 56.3 Å². The third kappa shape index (κ3) is 4.49. The molecule has 5 nitrogen and oxygen atoms in total. The quantitative estimate of drug-likeness (QED) is 0.773. The number of nitrogens with one attached hydrogen (secondary N) is 1. The molecule has 1 unspecified atom stereocenters. The van der Waals surface area contributed by atoms with E-state index in [4.69, 9.17) is 9.47 Å². The van der Waals surface area contributed by atoms with Crippen molar-refractivity contribution in [1.29, 1.82) is 0 Å². The van der Waals surface area contributed by atoms with Gasteiger partial charge in [0.2, 0.25) is 0 Å². The van der Waals surface area contributed by atoms with Gasteiger partial charge in [-0.3, -0.25) is 4.79 Å². The molecular weight excluding hydrogens is 330 g/mol. The first kappa shape index (κ1) is 19.7. The molecule has 0 heterocycles. The molecule has 2 rings (SSSR count). The summed E-state index contributed by atoms with van der Waals surface area (Å²) in [6, 6.07) is 16.1. The summed E-state index contributed by atoms with van der Waals surface area (Å²) in [6.45, 7) is 4.16. The Kier molecular flexibility index (Phi) is 6.52. The predicted molar refractivity (Wildman–Crippen MR) is 99.9 cm³/mol. The summed E-state index contributed by atoms with van der Waals surface area (Å²) in [4.78, 5) is 24.2. The number of benzene rings is 2. The second-order valence-corrected chi connectivity index (χ2v) is 6.61. The Morgan fingerprint density at radius 3 is 2.19 bits per heavy atom. The van der Waals surface area contributed by atoms with Crippen LogP contribution in [-0.2, 0) is 26.3 Å². The molecule has 2 aromatic carbocycles. The smallest absolute Gasteiger partial charge is 0.337 e. The number of ether oxygens (including phenoxy) is 2. The van der Waals surface area contributed by atoms with E-state index >= 15 is 0 Å². The van der Waals surface area contributed by atoms with E-state index in [0.29, 0.717) is 5.56 Å². The maximum atomic E-state index is 12.6. The van der Waals surface area contributed by atoms with Gasteiger partial charge in [0.25, 0.3) is 0 Å². The second-order valence-electron chi connectivity index (χ2n) is 6.61. The highest BCUT2D eigenvalue weighted by Gasteiger charge is 2.36. The van der Waals surface area contributed by atoms with Crippen molar-refractivity contribution in [3.63, 3.8) is 0 Å². The number of likely N-dealkylation sites (N-methyl/N-ethyl adjacent to an activating group) is 1. The van der Waals surface area contributed by atoms with E-state index in [1.54, 1.807) is 19.2 Å². The molecule has 5 heteroatoms. The average Bonchev–Trinajstić information content (AvgIpc) is 2.67. The molecule has 0 radical (unpaired) electrons. The zero-order valence-electron chi connectivity index (χ0n) is 15.6. The summed E-state index contributed by atoms with van der Waals surface area (Å²) in [5.41, 5.74) is 1.80. The molecule has 26 heavy (non-hydrogen) atoms. The van der Waals surface area contributed by atoms with Crippen molar-refractivity contribution in [3.8, 4) is 0 Å². The standard InChI is InChI=1S/C21H25NO4/c1-21(2,17-12-10-16(11-13-17)19(23)25-4)18(22-3)20(24)26-14-15-8-6-5-7-9-15/h5-13,18,22H,14H2,1-4H3. The largest absolute Gasteiger partial charge is 0.465 e. The predicted octanol–water partition coefficient (Wildman–Crippen LogP) is 3.08. The molecule has 0 fully saturated rings. The van der Waals surface area contributed by atoms with Crippen molar-refractivity contribution in [2.75, 3.05) is 14.2 Å². The van der Waals surface area contributed by atoms with E-state index < -0.39 is 11.5 Å². The lowest BCUT2D eigenvalue weighted by molar-refractivity contribution is -0.149. The van der Waals surface area contributed by atoms with Gasteiger partial charge in [-0.1, -0.05) is 56.3 Å². The minimum absolute atomic E-state index is 0.231. The van der Waals surface area contributed by atoms with Crippen LogP contribution in [0.3, 0.4) is 0 Å². The summed E-state index contributed by atoms with van der Waals surface area (Å²) < 4.78 is 10.2. The lowest BCUT2D eigenvalue weighted by Crippen LogP contribution is -2.49. The molecule has 0 amide bonds. The van der Waals surface area contributed by atoms with Gasteiger partial charge in [0, 0.05) is 5.41 Å². The second kappa shape index (κ2) is 8.63. The number of esters is 2. The summed E-state index contributed by atoms with van der Waals surface area (Å²) in [7, 11) is 3.08. The Hall–Kier alpha value is -2.66. The zero-order chi connectivity index (χ0) is 19.2. The van der Waals surface area contributed by atoms with Gasteiger partial charge in [-0.05, 0) is 30.3 Å². The normalized spacial score (nSPS) is 12.3. The fourth-order valence-corrected chi connectivity index (χ4v) is 2.91. The topological polar surface area (TPSA) is 64.6 Å². The van der Waals surface area contributed by atoms with Gasteiger partial charge >= 0.3 is 11.9 Å². The van der Waals surface area contributed by atoms with Gasteiger partial charge < -0.3 is 14.8 Å². The molecule has 0 aliphatic carbocycles. The van der Waals surface area contributed by atoms with Gasteiger partial charge in [-0.2, -0.15) is 0 Å². The van der Waals surface area contributed by atoms with Gasteiger partial charge in [0.15, 0.2) is 0 Å². The molecule has 1 N–H and O–H groups in total. The molecule has 138 valence electrons. The Bertz CT molecular complexity index is 738. The average molecular weight is 355 g/mol. The van der Waals surface area contributed by atoms with Crippen molar-refractivity contribution in [1.82, 2.24) is 5.32 Å². The van der Waals surface area contributed by atoms with Crippen LogP contribution in [0.4, 0.5) is 0 Å². The van der Waals surface area contributed by atoms with Crippen LogP contribution in [-0.4, -0.2) is 32.1 Å². The summed E-state index contributed by atoms with van der Waals surface area (Å²) >= 11 is 0. The fourth-order valence-electron chi connectivity index (χ4n) is 2.91. The first-order valence-electron chi connectivity index (χ1n) is 8.47. The van der Waals surface area contributed by atoms with Gasteiger partial charge in [0.1, 0.15) is 12.6 Å². The van der Waals surface area contributed by atoms with Crippen molar-refractivity contribution >= 4 is 11.9 Å². The Balaban J connectivity index is 2.13. The zero-order valence-corrected chi connectivity index (χ0v) is 15.6. The first-order chi connectivity index (χ1) is 12.4. The Morgan fingerprint density at radius 2 is 1.65 bits per heavy atom. The third-order valence-corrected chi connectivity index (χ3v) is 4.52. The highest BCUT2D eigenvalue weighted by molar-refractivity contribution is 5.89. The number of rotatable bonds is 7. The molecular formula is C21H25NO4. The number of carbonyl (C=O) groups is 2. The lowest BCUT2D eigenvalue weighted by Gasteiger charge is -2.33. The van der Waals surface area contributed by atoms with Crippen LogP contribution >= 0.6 is 0 Å². The van der Waals surface area contributed by atoms with Gasteiger partial charge in [-0.25, -0.2) is 4.79 Å². The van der Waals surface area contributed by atoms with E-state index in [2.05, 4.69) is 5.32 Å². The monoisotopic (exact) mass is 355 g/mol. The molecule has 0 aromatic heterocycles. The van der Waals surface area contributed by atoms with Crippen LogP contribution in [0.2, 0.25) is 0 Å². The van der Waals surface area contributed by atoms with E-state index in [9.17, 15) is 9.59 Å². The molecule has 0 aliphatic heterocycles. The van der Waals surface area contributed by atoms with Crippen LogP contribution in [0.15, 0.2) is 54.6 Å². The molecule has 0 spiro atoms. The maximum absolute atomic E-state index is 12.6. The van der Waals surface area contributed by atoms with Crippen LogP contribution < -0.4 is 5.32 Å². The molecule has 0 bridgehead atoms. The Labute approximate surface area is 154 Å². The van der Waals surface area contributed by atoms with E-state index in [0.717, 1.165) is 11.1 Å². The summed E-state index contributed by atoms with van der Waals surface area (Å²) in [5.74, 6) is -0.708. The molecule has 1 atom stereocenters. The summed E-state index contributed by atoms with van der Waals surface area (Å²) in [6.07, 6.45) is 0. The summed E-state index contributed by atoms with van der Waals surface area (Å²) in [5, 5.41) is 3.06. The SMILES string of the molecule is CNC(C(=O)OCc1ccccc1)C(C)(C)c1ccc(C(=O)OC)cc1. The molecule has 2 aromatic rings. The number of carbonyl (C=O) groups excluding carboxylic acids is 2. The number of methoxy groups -OCH3 is 1. The van der Waals surface area contributed by atoms with Crippen LogP contribution in [0.25, 0.3) is 0 Å². The molecule has 0 saturated heterocycles. The van der Waals surface area contributed by atoms with E-state index in [1.165, 1.54) is 7.11 Å². The van der Waals surface area contributed by atoms with Crippen LogP contribution in [0.5, 0.6) is 0 Å². The highest BCUT2D eigenvalue weighted by atomic mass is 16.5. The number of hydrogen-bond donors (Lipinski definition) is 1. The van der Waals surface area contributed by atoms with E-state index in [-0.39, 0.29) is 18.5 Å². The third-order valence-electron chi connectivity index (χ3n) is 4.52. The highest BCUT2D eigenvalue weighted by Crippen LogP contribution is 2.28. The van der Waals surface area contributed by atoms with Crippen LogP contribution in [0.1, 0.15) is 35.3 Å². The molecule has 0 aliphatic rings. The van der Waals surface area contributed by atoms with Crippen molar-refractivity contribution < 1.29 is 19.1 Å². The number of hydrogen-bond acceptors (Lipinski definition) is 5. The van der Waals surface area contributed by atoms with Crippen molar-refractivity contribution in [3.05, 3.63) is 71.3 Å². The van der Waals surface area contributed by atoms with Crippen LogP contribution in [0, 0.1) is 0 Å². The fraction of sp³-hybridized carbons (Fsp3) is 0.333. The maximum Gasteiger partial charge on any atom is 0.337 e. The van der Waals surface area contributed by atoms with Crippen molar-refractivity contribution in [2.45, 2.75) is 31.9 Å². The minimum Gasteiger partial charge on any atom is -0.465 e. The Morgan fingerprint density at radius 1 is 1.04 bits per heavy atom. The van der Waals surface area contributed by atoms with Gasteiger partial charge in [-0.15, -0.1) is 0 Å². The first-order valence-corrected chi connectivity index (χ1v) is 8.47. The minimum atomic E-state index is -0.532. The lowest BCUT2D eigenvalue weighted by atomic mass is 9.77. The molecule has 0 saturated carbocycles. The van der Waals surface area contributed by atoms with Crippen molar-refractivity contribution in [2.24, 2.45) is 0 Å². The van der Waals surface area contributed by atoms with Gasteiger partial charge in [0.05, 0.1) is 12.7 Å².